The van der Waals surface area contributed by atoms with E-state index in [4.69, 9.17) is 16.0 Å². The van der Waals surface area contributed by atoms with Gasteiger partial charge in [-0.15, -0.1) is 0 Å². The summed E-state index contributed by atoms with van der Waals surface area (Å²) in [5.41, 5.74) is 1.76. The van der Waals surface area contributed by atoms with E-state index in [-0.39, 0.29) is 16.5 Å². The normalized spacial score (nSPS) is 13.0. The summed E-state index contributed by atoms with van der Waals surface area (Å²) in [7, 11) is 0. The number of aromatic nitrogens is 1. The van der Waals surface area contributed by atoms with Crippen LogP contribution >= 0.6 is 11.6 Å². The average Bonchev–Trinajstić information content (AvgIpc) is 3.18. The summed E-state index contributed by atoms with van der Waals surface area (Å²) in [4.78, 5) is 42.2. The van der Waals surface area contributed by atoms with Gasteiger partial charge in [0.05, 0.1) is 27.5 Å². The number of nitrogens with one attached hydrogen (secondary N) is 1. The number of nitrogens with zero attached hydrogens (tertiary/aromatic N) is 2. The number of imide groups is 1. The summed E-state index contributed by atoms with van der Waals surface area (Å²) < 4.78 is 5.04. The molecule has 0 fully saturated rings. The Balaban J connectivity index is 1.62. The first-order chi connectivity index (χ1) is 13.0. The molecule has 0 spiro atoms. The van der Waals surface area contributed by atoms with Gasteiger partial charge < -0.3 is 9.73 Å². The predicted octanol–water partition coefficient (Wildman–Crippen LogP) is 3.69. The largest absolute Gasteiger partial charge is 0.438 e. The number of benzene rings is 2. The number of rotatable bonds is 3. The smallest absolute Gasteiger partial charge is 0.293 e. The van der Waals surface area contributed by atoms with Gasteiger partial charge in [-0.25, -0.2) is 9.88 Å². The van der Waals surface area contributed by atoms with Gasteiger partial charge in [0.15, 0.2) is 6.39 Å². The summed E-state index contributed by atoms with van der Waals surface area (Å²) in [6.07, 6.45) is 1.18. The van der Waals surface area contributed by atoms with Crippen LogP contribution in [-0.4, -0.2) is 22.7 Å². The average molecular weight is 382 g/mol. The summed E-state index contributed by atoms with van der Waals surface area (Å²) in [5, 5.41) is 2.79. The van der Waals surface area contributed by atoms with Crippen molar-refractivity contribution in [2.24, 2.45) is 0 Å². The van der Waals surface area contributed by atoms with E-state index in [0.717, 1.165) is 4.90 Å². The van der Waals surface area contributed by atoms with Crippen molar-refractivity contribution in [2.45, 2.75) is 6.92 Å². The fourth-order valence-corrected chi connectivity index (χ4v) is 3.15. The Morgan fingerprint density at radius 2 is 1.78 bits per heavy atom. The molecule has 0 saturated heterocycles. The molecular weight excluding hydrogens is 370 g/mol. The van der Waals surface area contributed by atoms with Crippen LogP contribution in [0.4, 0.5) is 11.4 Å². The number of carbonyl (C=O) groups is 3. The molecule has 4 rings (SSSR count). The Kier molecular flexibility index (Phi) is 4.01. The van der Waals surface area contributed by atoms with E-state index >= 15 is 0 Å². The molecule has 7 nitrogen and oxygen atoms in total. The molecule has 0 saturated carbocycles. The van der Waals surface area contributed by atoms with E-state index in [1.165, 1.54) is 18.5 Å². The van der Waals surface area contributed by atoms with Gasteiger partial charge in [0.2, 0.25) is 5.76 Å². The Morgan fingerprint density at radius 1 is 1.11 bits per heavy atom. The highest BCUT2D eigenvalue weighted by molar-refractivity contribution is 6.40. The van der Waals surface area contributed by atoms with Crippen LogP contribution in [0, 0.1) is 6.92 Å². The number of anilines is 2. The van der Waals surface area contributed by atoms with Crippen molar-refractivity contribution < 1.29 is 18.8 Å². The van der Waals surface area contributed by atoms with Gasteiger partial charge in [-0.1, -0.05) is 23.7 Å². The van der Waals surface area contributed by atoms with E-state index < -0.39 is 17.7 Å². The second kappa shape index (κ2) is 6.37. The summed E-state index contributed by atoms with van der Waals surface area (Å²) in [6, 6.07) is 11.1. The summed E-state index contributed by atoms with van der Waals surface area (Å²) in [5.74, 6) is -1.26. The zero-order valence-electron chi connectivity index (χ0n) is 14.0. The highest BCUT2D eigenvalue weighted by Crippen LogP contribution is 2.34. The highest BCUT2D eigenvalue weighted by atomic mass is 35.5. The second-order valence-corrected chi connectivity index (χ2v) is 6.29. The monoisotopic (exact) mass is 381 g/mol. The molecule has 134 valence electrons. The van der Waals surface area contributed by atoms with Gasteiger partial charge >= 0.3 is 0 Å². The van der Waals surface area contributed by atoms with Crippen molar-refractivity contribution in [3.63, 3.8) is 0 Å². The highest BCUT2D eigenvalue weighted by Gasteiger charge is 2.37. The van der Waals surface area contributed by atoms with Crippen LogP contribution in [0.5, 0.6) is 0 Å². The van der Waals surface area contributed by atoms with Crippen LogP contribution in [0.2, 0.25) is 5.02 Å². The van der Waals surface area contributed by atoms with Gasteiger partial charge in [0.25, 0.3) is 17.7 Å². The third kappa shape index (κ3) is 2.78. The van der Waals surface area contributed by atoms with Crippen LogP contribution in [0.15, 0.2) is 53.3 Å². The number of oxazole rings is 1. The topological polar surface area (TPSA) is 92.5 Å². The van der Waals surface area contributed by atoms with Crippen LogP contribution in [0.25, 0.3) is 0 Å². The van der Waals surface area contributed by atoms with E-state index in [0.29, 0.717) is 22.5 Å². The molecule has 27 heavy (non-hydrogen) atoms. The molecule has 0 radical (unpaired) electrons. The number of amides is 3. The molecule has 1 aliphatic rings. The number of hydrogen-bond acceptors (Lipinski definition) is 5. The maximum absolute atomic E-state index is 12.6. The number of hydrogen-bond donors (Lipinski definition) is 1. The van der Waals surface area contributed by atoms with Gasteiger partial charge in [0.1, 0.15) is 0 Å². The van der Waals surface area contributed by atoms with Crippen molar-refractivity contribution in [1.82, 2.24) is 4.98 Å². The molecular formula is C19H12ClN3O4. The third-order valence-electron chi connectivity index (χ3n) is 4.19. The van der Waals surface area contributed by atoms with Crippen molar-refractivity contribution in [1.29, 1.82) is 0 Å². The lowest BCUT2D eigenvalue weighted by Gasteiger charge is -2.16. The molecule has 0 unspecified atom stereocenters. The predicted molar refractivity (Wildman–Crippen MR) is 98.2 cm³/mol. The molecule has 3 amide bonds. The summed E-state index contributed by atoms with van der Waals surface area (Å²) >= 11 is 6.29. The molecule has 1 aliphatic heterocycles. The van der Waals surface area contributed by atoms with Gasteiger partial charge in [-0.3, -0.25) is 14.4 Å². The minimum absolute atomic E-state index is 0.0931. The van der Waals surface area contributed by atoms with Gasteiger partial charge in [0, 0.05) is 5.69 Å². The third-order valence-corrected chi connectivity index (χ3v) is 4.49. The molecule has 1 N–H and O–H groups in total. The van der Waals surface area contributed by atoms with Crippen LogP contribution in [0.1, 0.15) is 37.0 Å². The lowest BCUT2D eigenvalue weighted by atomic mass is 10.1. The molecule has 1 aromatic heterocycles. The molecule has 2 heterocycles. The Labute approximate surface area is 158 Å². The van der Waals surface area contributed by atoms with E-state index in [1.807, 2.05) is 0 Å². The van der Waals surface area contributed by atoms with Crippen molar-refractivity contribution in [3.05, 3.63) is 76.5 Å². The minimum atomic E-state index is -0.477. The van der Waals surface area contributed by atoms with Gasteiger partial charge in [-0.2, -0.15) is 0 Å². The maximum atomic E-state index is 12.6. The SMILES string of the molecule is Cc1ncoc1C(=O)Nc1ccc(N2C(=O)c3ccccc3C2=O)c(Cl)c1. The van der Waals surface area contributed by atoms with Gasteiger partial charge in [-0.05, 0) is 37.3 Å². The first-order valence-corrected chi connectivity index (χ1v) is 8.34. The fourth-order valence-electron chi connectivity index (χ4n) is 2.88. The zero-order valence-corrected chi connectivity index (χ0v) is 14.8. The quantitative estimate of drug-likeness (QED) is 0.698. The Bertz CT molecular complexity index is 1070. The van der Waals surface area contributed by atoms with E-state index in [9.17, 15) is 14.4 Å². The molecule has 0 atom stereocenters. The number of carbonyl (C=O) groups excluding carboxylic acids is 3. The van der Waals surface area contributed by atoms with Crippen LogP contribution in [-0.2, 0) is 0 Å². The molecule has 3 aromatic rings. The van der Waals surface area contributed by atoms with Crippen molar-refractivity contribution >= 4 is 40.7 Å². The lowest BCUT2D eigenvalue weighted by Crippen LogP contribution is -2.29. The number of fused-ring (bicyclic) bond motifs is 1. The summed E-state index contributed by atoms with van der Waals surface area (Å²) in [6.45, 7) is 1.65. The molecule has 0 bridgehead atoms. The number of halogens is 1. The first-order valence-electron chi connectivity index (χ1n) is 7.96. The zero-order chi connectivity index (χ0) is 19.1. The Hall–Kier alpha value is -3.45. The molecule has 8 heteroatoms. The fraction of sp³-hybridized carbons (Fsp3) is 0.0526. The van der Waals surface area contributed by atoms with Crippen LogP contribution in [0.3, 0.4) is 0 Å². The minimum Gasteiger partial charge on any atom is -0.438 e. The molecule has 2 aromatic carbocycles. The maximum Gasteiger partial charge on any atom is 0.293 e. The van der Waals surface area contributed by atoms with Crippen molar-refractivity contribution in [2.75, 3.05) is 10.2 Å². The van der Waals surface area contributed by atoms with E-state index in [1.54, 1.807) is 37.3 Å². The standard InChI is InChI=1S/C19H12ClN3O4/c1-10-16(27-9-21-10)17(24)22-11-6-7-15(14(20)8-11)23-18(25)12-4-2-3-5-13(12)19(23)26/h2-9H,1H3,(H,22,24). The number of aryl methyl sites for hydroxylation is 1. The Morgan fingerprint density at radius 3 is 2.33 bits per heavy atom. The second-order valence-electron chi connectivity index (χ2n) is 5.88. The molecule has 0 aliphatic carbocycles. The first kappa shape index (κ1) is 17.0. The van der Waals surface area contributed by atoms with E-state index in [2.05, 4.69) is 10.3 Å². The van der Waals surface area contributed by atoms with Crippen LogP contribution < -0.4 is 10.2 Å². The lowest BCUT2D eigenvalue weighted by molar-refractivity contribution is 0.0924. The van der Waals surface area contributed by atoms with Crippen molar-refractivity contribution in [3.8, 4) is 0 Å².